The topological polar surface area (TPSA) is 51.8 Å². The fraction of sp³-hybridized carbons (Fsp3) is 0.222. The highest BCUT2D eigenvalue weighted by molar-refractivity contribution is 5.76. The van der Waals surface area contributed by atoms with Crippen LogP contribution >= 0.6 is 0 Å². The number of rotatable bonds is 0. The van der Waals surface area contributed by atoms with Crippen LogP contribution in [-0.2, 0) is 0 Å². The third-order valence-corrected chi connectivity index (χ3v) is 1.96. The van der Waals surface area contributed by atoms with E-state index in [1.807, 2.05) is 24.3 Å². The molecule has 1 fully saturated rings. The summed E-state index contributed by atoms with van der Waals surface area (Å²) in [6.07, 6.45) is 7.62. The van der Waals surface area contributed by atoms with Crippen LogP contribution in [0.4, 0.5) is 4.79 Å². The van der Waals surface area contributed by atoms with Gasteiger partial charge in [0.1, 0.15) is 0 Å². The molecule has 5 heteroatoms. The van der Waals surface area contributed by atoms with Crippen molar-refractivity contribution >= 4 is 6.03 Å². The lowest BCUT2D eigenvalue weighted by Crippen LogP contribution is -2.46. The van der Waals surface area contributed by atoms with Gasteiger partial charge in [-0.1, -0.05) is 24.3 Å². The van der Waals surface area contributed by atoms with E-state index in [-0.39, 0.29) is 6.03 Å². The third-order valence-electron chi connectivity index (χ3n) is 1.96. The SMILES string of the molecule is CN1[N]C(=C2C=CC=C2)[N-]N(C)C1=O. The molecule has 1 aliphatic carbocycles. The summed E-state index contributed by atoms with van der Waals surface area (Å²) in [5, 5.41) is 2.55. The fourth-order valence-corrected chi connectivity index (χ4v) is 1.24. The Balaban J connectivity index is 2.25. The molecule has 5 nitrogen and oxygen atoms in total. The number of carbonyl (C=O) groups excluding carboxylic acids is 1. The van der Waals surface area contributed by atoms with E-state index in [9.17, 15) is 4.79 Å². The molecule has 2 amide bonds. The Morgan fingerprint density at radius 1 is 1.29 bits per heavy atom. The van der Waals surface area contributed by atoms with E-state index in [4.69, 9.17) is 0 Å². The van der Waals surface area contributed by atoms with Gasteiger partial charge in [-0.05, 0) is 11.4 Å². The van der Waals surface area contributed by atoms with Gasteiger partial charge in [0.15, 0.2) is 0 Å². The lowest BCUT2D eigenvalue weighted by molar-refractivity contribution is 0.154. The molecular weight excluding hydrogens is 180 g/mol. The van der Waals surface area contributed by atoms with E-state index in [0.29, 0.717) is 5.82 Å². The first-order valence-electron chi connectivity index (χ1n) is 4.22. The normalized spacial score (nSPS) is 20.3. The van der Waals surface area contributed by atoms with E-state index in [1.165, 1.54) is 10.0 Å². The molecule has 1 saturated heterocycles. The molecule has 1 radical (unpaired) electrons. The Labute approximate surface area is 82.3 Å². The minimum Gasteiger partial charge on any atom is -0.369 e. The maximum atomic E-state index is 11.3. The van der Waals surface area contributed by atoms with Crippen molar-refractivity contribution < 1.29 is 4.79 Å². The van der Waals surface area contributed by atoms with Crippen LogP contribution < -0.4 is 5.43 Å². The smallest absolute Gasteiger partial charge is 0.325 e. The molecule has 2 aliphatic rings. The summed E-state index contributed by atoms with van der Waals surface area (Å²) in [6, 6.07) is -0.236. The molecular formula is C9H10N4O-. The average Bonchev–Trinajstić information content (AvgIpc) is 2.66. The van der Waals surface area contributed by atoms with E-state index >= 15 is 0 Å². The van der Waals surface area contributed by atoms with E-state index < -0.39 is 0 Å². The predicted octanol–water partition coefficient (Wildman–Crippen LogP) is 1.13. The zero-order chi connectivity index (χ0) is 10.1. The highest BCUT2D eigenvalue weighted by Gasteiger charge is 2.16. The van der Waals surface area contributed by atoms with Crippen LogP contribution in [0.2, 0.25) is 0 Å². The molecule has 14 heavy (non-hydrogen) atoms. The second-order valence-corrected chi connectivity index (χ2v) is 3.03. The highest BCUT2D eigenvalue weighted by atomic mass is 16.2. The summed E-state index contributed by atoms with van der Waals surface area (Å²) in [7, 11) is 3.22. The van der Waals surface area contributed by atoms with Gasteiger partial charge in [-0.2, -0.15) is 0 Å². The number of allylic oxidation sites excluding steroid dienone is 5. The van der Waals surface area contributed by atoms with Crippen molar-refractivity contribution in [1.29, 1.82) is 0 Å². The standard InChI is InChI=1S/C9H10N4O/c1-12-9(14)13(2)11-8(10-12)7-5-3-4-6-7/h3-6H,1-2H3/q-1. The van der Waals surface area contributed by atoms with Crippen molar-refractivity contribution in [2.45, 2.75) is 0 Å². The lowest BCUT2D eigenvalue weighted by atomic mass is 10.3. The van der Waals surface area contributed by atoms with Crippen LogP contribution in [0.25, 0.3) is 5.43 Å². The summed E-state index contributed by atoms with van der Waals surface area (Å²) in [5.74, 6) is 0.555. The molecule has 1 aliphatic heterocycles. The van der Waals surface area contributed by atoms with Crippen molar-refractivity contribution in [2.24, 2.45) is 0 Å². The number of hydrogen-bond acceptors (Lipinski definition) is 1. The number of urea groups is 1. The summed E-state index contributed by atoms with van der Waals surface area (Å²) < 4.78 is 0. The van der Waals surface area contributed by atoms with E-state index in [1.54, 1.807) is 14.1 Å². The van der Waals surface area contributed by atoms with Crippen molar-refractivity contribution in [3.05, 3.63) is 41.1 Å². The summed E-state index contributed by atoms with van der Waals surface area (Å²) in [4.78, 5) is 11.3. The molecule has 1 heterocycles. The summed E-state index contributed by atoms with van der Waals surface area (Å²) in [6.45, 7) is 0. The van der Waals surface area contributed by atoms with Gasteiger partial charge < -0.3 is 20.9 Å². The molecule has 0 bridgehead atoms. The quantitative estimate of drug-likeness (QED) is 0.565. The van der Waals surface area contributed by atoms with Crippen LogP contribution in [0, 0.1) is 0 Å². The largest absolute Gasteiger partial charge is 0.369 e. The third kappa shape index (κ3) is 1.32. The maximum absolute atomic E-state index is 11.3. The summed E-state index contributed by atoms with van der Waals surface area (Å²) >= 11 is 0. The molecule has 0 aromatic heterocycles. The van der Waals surface area contributed by atoms with Crippen LogP contribution in [0.1, 0.15) is 0 Å². The number of hydrogen-bond donors (Lipinski definition) is 0. The van der Waals surface area contributed by atoms with Gasteiger partial charge in [0.2, 0.25) is 0 Å². The number of nitrogens with zero attached hydrogens (tertiary/aromatic N) is 4. The number of carbonyl (C=O) groups is 1. The van der Waals surface area contributed by atoms with E-state index in [2.05, 4.69) is 10.9 Å². The lowest BCUT2D eigenvalue weighted by Gasteiger charge is -2.43. The van der Waals surface area contributed by atoms with Crippen LogP contribution in [0.5, 0.6) is 0 Å². The predicted molar refractivity (Wildman–Crippen MR) is 51.7 cm³/mol. The second kappa shape index (κ2) is 3.10. The first-order valence-corrected chi connectivity index (χ1v) is 4.22. The van der Waals surface area contributed by atoms with Crippen LogP contribution in [0.15, 0.2) is 35.7 Å². The maximum Gasteiger partial charge on any atom is 0.325 e. The van der Waals surface area contributed by atoms with Crippen LogP contribution in [0.3, 0.4) is 0 Å². The second-order valence-electron chi connectivity index (χ2n) is 3.03. The fourth-order valence-electron chi connectivity index (χ4n) is 1.24. The number of amides is 2. The van der Waals surface area contributed by atoms with Crippen molar-refractivity contribution in [2.75, 3.05) is 14.1 Å². The molecule has 2 rings (SSSR count). The van der Waals surface area contributed by atoms with Gasteiger partial charge >= 0.3 is 6.03 Å². The van der Waals surface area contributed by atoms with Crippen molar-refractivity contribution in [3.63, 3.8) is 0 Å². The minimum absolute atomic E-state index is 0.236. The molecule has 0 saturated carbocycles. The van der Waals surface area contributed by atoms with Gasteiger partial charge in [-0.25, -0.2) is 4.79 Å². The van der Waals surface area contributed by atoms with Gasteiger partial charge in [0, 0.05) is 14.1 Å². The Bertz CT molecular complexity index is 326. The first kappa shape index (κ1) is 8.68. The average molecular weight is 190 g/mol. The zero-order valence-corrected chi connectivity index (χ0v) is 8.01. The Morgan fingerprint density at radius 3 is 2.50 bits per heavy atom. The molecule has 73 valence electrons. The van der Waals surface area contributed by atoms with Gasteiger partial charge in [-0.3, -0.25) is 0 Å². The Hall–Kier alpha value is -1.91. The van der Waals surface area contributed by atoms with Gasteiger partial charge in [0.05, 0.1) is 0 Å². The monoisotopic (exact) mass is 190 g/mol. The van der Waals surface area contributed by atoms with E-state index in [0.717, 1.165) is 5.57 Å². The molecule has 0 unspecified atom stereocenters. The molecule has 0 N–H and O–H groups in total. The zero-order valence-electron chi connectivity index (χ0n) is 8.01. The Morgan fingerprint density at radius 2 is 1.93 bits per heavy atom. The molecule has 0 atom stereocenters. The molecule has 0 aromatic carbocycles. The first-order chi connectivity index (χ1) is 6.68. The van der Waals surface area contributed by atoms with Gasteiger partial charge in [-0.15, -0.1) is 0 Å². The molecule has 0 spiro atoms. The van der Waals surface area contributed by atoms with Crippen LogP contribution in [-0.4, -0.2) is 30.1 Å². The summed E-state index contributed by atoms with van der Waals surface area (Å²) in [5.41, 5.74) is 9.01. The van der Waals surface area contributed by atoms with Crippen molar-refractivity contribution in [3.8, 4) is 0 Å². The van der Waals surface area contributed by atoms with Crippen molar-refractivity contribution in [1.82, 2.24) is 15.4 Å². The van der Waals surface area contributed by atoms with Gasteiger partial charge in [0.25, 0.3) is 0 Å². The highest BCUT2D eigenvalue weighted by Crippen LogP contribution is 2.22. The minimum atomic E-state index is -0.236. The molecule has 0 aromatic rings. The Kier molecular flexibility index (Phi) is 1.92.